The summed E-state index contributed by atoms with van der Waals surface area (Å²) in [6.45, 7) is 0.906. The van der Waals surface area contributed by atoms with Gasteiger partial charge in [0, 0.05) is 6.04 Å². The van der Waals surface area contributed by atoms with Crippen LogP contribution in [-0.2, 0) is 0 Å². The van der Waals surface area contributed by atoms with Gasteiger partial charge in [0.15, 0.2) is 11.5 Å². The molecule has 0 aliphatic heterocycles. The number of alkyl halides is 2. The summed E-state index contributed by atoms with van der Waals surface area (Å²) in [5.74, 6) is 0.282. The zero-order chi connectivity index (χ0) is 13.7. The molecule has 3 nitrogen and oxygen atoms in total. The van der Waals surface area contributed by atoms with Gasteiger partial charge in [-0.05, 0) is 31.5 Å². The molecule has 1 aromatic rings. The highest BCUT2D eigenvalue weighted by Gasteiger charge is 2.10. The minimum absolute atomic E-state index is 0.0168. The lowest BCUT2D eigenvalue weighted by atomic mass is 10.1. The van der Waals surface area contributed by atoms with Gasteiger partial charge in [0.05, 0.1) is 7.11 Å². The molecule has 0 radical (unpaired) electrons. The summed E-state index contributed by atoms with van der Waals surface area (Å²) in [6, 6.07) is 4.69. The predicted molar refractivity (Wildman–Crippen MR) is 66.9 cm³/mol. The van der Waals surface area contributed by atoms with E-state index in [2.05, 4.69) is 4.74 Å². The Bertz CT molecular complexity index is 431. The quantitative estimate of drug-likeness (QED) is 0.881. The minimum atomic E-state index is -2.87. The molecule has 1 unspecified atom stereocenters. The maximum Gasteiger partial charge on any atom is 0.387 e. The van der Waals surface area contributed by atoms with Crippen LogP contribution in [0.4, 0.5) is 8.78 Å². The number of ether oxygens (including phenoxy) is 2. The van der Waals surface area contributed by atoms with E-state index < -0.39 is 6.61 Å². The largest absolute Gasteiger partial charge is 0.493 e. The molecule has 0 fully saturated rings. The lowest BCUT2D eigenvalue weighted by Gasteiger charge is -2.11. The van der Waals surface area contributed by atoms with Crippen molar-refractivity contribution in [1.29, 1.82) is 0 Å². The topological polar surface area (TPSA) is 44.5 Å². The van der Waals surface area contributed by atoms with Gasteiger partial charge in [-0.1, -0.05) is 17.7 Å². The third-order valence-corrected chi connectivity index (χ3v) is 2.52. The van der Waals surface area contributed by atoms with Gasteiger partial charge >= 0.3 is 6.61 Å². The number of nitrogens with two attached hydrogens (primary N) is 1. The second-order valence-electron chi connectivity index (χ2n) is 3.97. The van der Waals surface area contributed by atoms with Crippen molar-refractivity contribution in [3.05, 3.63) is 29.3 Å². The first kappa shape index (κ1) is 14.4. The highest BCUT2D eigenvalue weighted by Crippen LogP contribution is 2.30. The molecule has 0 heterocycles. The van der Waals surface area contributed by atoms with Crippen LogP contribution in [0.1, 0.15) is 19.4 Å². The van der Waals surface area contributed by atoms with Crippen molar-refractivity contribution in [2.45, 2.75) is 26.5 Å². The van der Waals surface area contributed by atoms with E-state index in [-0.39, 0.29) is 17.5 Å². The number of rotatable bonds is 5. The third-order valence-electron chi connectivity index (χ3n) is 2.52. The summed E-state index contributed by atoms with van der Waals surface area (Å²) < 4.78 is 33.6. The Hall–Kier alpha value is -1.62. The van der Waals surface area contributed by atoms with E-state index in [1.54, 1.807) is 12.1 Å². The number of hydrogen-bond donors (Lipinski definition) is 1. The molecule has 5 heteroatoms. The van der Waals surface area contributed by atoms with Crippen LogP contribution in [0.25, 0.3) is 6.08 Å². The molecule has 0 saturated heterocycles. The first-order valence-electron chi connectivity index (χ1n) is 5.50. The zero-order valence-electron chi connectivity index (χ0n) is 10.6. The Morgan fingerprint density at radius 1 is 1.33 bits per heavy atom. The van der Waals surface area contributed by atoms with E-state index in [1.807, 2.05) is 19.9 Å². The van der Waals surface area contributed by atoms with Gasteiger partial charge in [-0.15, -0.1) is 0 Å². The van der Waals surface area contributed by atoms with Crippen molar-refractivity contribution < 1.29 is 18.3 Å². The fraction of sp³-hybridized carbons (Fsp3) is 0.385. The molecule has 0 bridgehead atoms. The normalized spacial score (nSPS) is 13.6. The van der Waals surface area contributed by atoms with Crippen LogP contribution in [0.3, 0.4) is 0 Å². The Labute approximate surface area is 105 Å². The molecule has 100 valence electrons. The number of halogens is 2. The molecule has 0 aliphatic carbocycles. The number of benzene rings is 1. The van der Waals surface area contributed by atoms with E-state index in [4.69, 9.17) is 10.5 Å². The molecule has 0 saturated carbocycles. The second-order valence-corrected chi connectivity index (χ2v) is 3.97. The van der Waals surface area contributed by atoms with Crippen molar-refractivity contribution in [3.63, 3.8) is 0 Å². The first-order chi connectivity index (χ1) is 8.43. The van der Waals surface area contributed by atoms with Crippen LogP contribution in [0.5, 0.6) is 11.5 Å². The van der Waals surface area contributed by atoms with Gasteiger partial charge < -0.3 is 15.2 Å². The van der Waals surface area contributed by atoms with Gasteiger partial charge in [0.25, 0.3) is 0 Å². The van der Waals surface area contributed by atoms with Crippen LogP contribution in [-0.4, -0.2) is 19.8 Å². The average Bonchev–Trinajstić information content (AvgIpc) is 2.30. The molecule has 1 aromatic carbocycles. The van der Waals surface area contributed by atoms with Crippen molar-refractivity contribution in [2.75, 3.05) is 7.11 Å². The second kappa shape index (κ2) is 6.35. The van der Waals surface area contributed by atoms with Gasteiger partial charge in [-0.2, -0.15) is 8.78 Å². The minimum Gasteiger partial charge on any atom is -0.493 e. The summed E-state index contributed by atoms with van der Waals surface area (Å²) in [7, 11) is 1.40. The Morgan fingerprint density at radius 2 is 2.00 bits per heavy atom. The van der Waals surface area contributed by atoms with Crippen LogP contribution in [0.15, 0.2) is 23.8 Å². The van der Waals surface area contributed by atoms with Crippen molar-refractivity contribution >= 4 is 6.08 Å². The van der Waals surface area contributed by atoms with Crippen molar-refractivity contribution in [2.24, 2.45) is 5.73 Å². The van der Waals surface area contributed by atoms with E-state index >= 15 is 0 Å². The molecule has 1 atom stereocenters. The zero-order valence-corrected chi connectivity index (χ0v) is 10.6. The Kier molecular flexibility index (Phi) is 5.09. The first-order valence-corrected chi connectivity index (χ1v) is 5.50. The average molecular weight is 257 g/mol. The number of methoxy groups -OCH3 is 1. The SMILES string of the molecule is COc1cc(/C=C(/C)C(C)N)ccc1OC(F)F. The van der Waals surface area contributed by atoms with Crippen LogP contribution in [0, 0.1) is 0 Å². The van der Waals surface area contributed by atoms with Gasteiger partial charge in [0.1, 0.15) is 0 Å². The predicted octanol–water partition coefficient (Wildman–Crippen LogP) is 3.05. The molecule has 0 aromatic heterocycles. The fourth-order valence-electron chi connectivity index (χ4n) is 1.36. The van der Waals surface area contributed by atoms with Crippen LogP contribution in [0.2, 0.25) is 0 Å². The summed E-state index contributed by atoms with van der Waals surface area (Å²) in [5, 5.41) is 0. The fourth-order valence-corrected chi connectivity index (χ4v) is 1.36. The van der Waals surface area contributed by atoms with Crippen LogP contribution >= 0.6 is 0 Å². The van der Waals surface area contributed by atoms with E-state index in [9.17, 15) is 8.78 Å². The molecule has 0 aliphatic rings. The lowest BCUT2D eigenvalue weighted by Crippen LogP contribution is -2.15. The Balaban J connectivity index is 3.02. The van der Waals surface area contributed by atoms with Gasteiger partial charge in [-0.3, -0.25) is 0 Å². The summed E-state index contributed by atoms with van der Waals surface area (Å²) >= 11 is 0. The Morgan fingerprint density at radius 3 is 2.50 bits per heavy atom. The molecule has 2 N–H and O–H groups in total. The van der Waals surface area contributed by atoms with Gasteiger partial charge in [0.2, 0.25) is 0 Å². The molecular formula is C13H17F2NO2. The molecular weight excluding hydrogens is 240 g/mol. The summed E-state index contributed by atoms with van der Waals surface area (Å²) in [4.78, 5) is 0. The van der Waals surface area contributed by atoms with E-state index in [0.717, 1.165) is 11.1 Å². The molecule has 0 amide bonds. The molecule has 18 heavy (non-hydrogen) atoms. The summed E-state index contributed by atoms with van der Waals surface area (Å²) in [6.07, 6.45) is 1.87. The highest BCUT2D eigenvalue weighted by atomic mass is 19.3. The molecule has 0 spiro atoms. The monoisotopic (exact) mass is 257 g/mol. The third kappa shape index (κ3) is 4.00. The maximum absolute atomic E-state index is 12.1. The summed E-state index contributed by atoms with van der Waals surface area (Å²) in [5.41, 5.74) is 7.53. The van der Waals surface area contributed by atoms with Crippen molar-refractivity contribution in [1.82, 2.24) is 0 Å². The number of hydrogen-bond acceptors (Lipinski definition) is 3. The van der Waals surface area contributed by atoms with Crippen LogP contribution < -0.4 is 15.2 Å². The highest BCUT2D eigenvalue weighted by molar-refractivity contribution is 5.58. The van der Waals surface area contributed by atoms with E-state index in [1.165, 1.54) is 13.2 Å². The smallest absolute Gasteiger partial charge is 0.387 e. The standard InChI is InChI=1S/C13H17F2NO2/c1-8(9(2)16)6-10-4-5-11(18-13(14)15)12(7-10)17-3/h4-7,9,13H,16H2,1-3H3/b8-6-. The van der Waals surface area contributed by atoms with Gasteiger partial charge in [-0.25, -0.2) is 0 Å². The maximum atomic E-state index is 12.1. The lowest BCUT2D eigenvalue weighted by molar-refractivity contribution is -0.0512. The van der Waals surface area contributed by atoms with Crippen molar-refractivity contribution in [3.8, 4) is 11.5 Å². The molecule has 1 rings (SSSR count). The van der Waals surface area contributed by atoms with E-state index in [0.29, 0.717) is 0 Å².